The summed E-state index contributed by atoms with van der Waals surface area (Å²) >= 11 is 0. The van der Waals surface area contributed by atoms with Gasteiger partial charge in [-0.2, -0.15) is 17.5 Å². The SMILES string of the molecule is Cc1cc(S(=O)(=O)N2C[C@@H](C(F)(F)F)[C@H](C(N)=O)C2)c(C)o1. The summed E-state index contributed by atoms with van der Waals surface area (Å²) < 4.78 is 69.6. The van der Waals surface area contributed by atoms with E-state index in [9.17, 15) is 26.4 Å². The average Bonchev–Trinajstić information content (AvgIpc) is 2.92. The lowest BCUT2D eigenvalue weighted by atomic mass is 9.95. The van der Waals surface area contributed by atoms with Gasteiger partial charge in [-0.15, -0.1) is 0 Å². The summed E-state index contributed by atoms with van der Waals surface area (Å²) in [6.45, 7) is 1.51. The molecule has 1 amide bonds. The molecule has 124 valence electrons. The maximum atomic E-state index is 13.0. The monoisotopic (exact) mass is 340 g/mol. The Morgan fingerprint density at radius 3 is 2.32 bits per heavy atom. The van der Waals surface area contributed by atoms with Crippen molar-refractivity contribution in [2.45, 2.75) is 24.9 Å². The summed E-state index contributed by atoms with van der Waals surface area (Å²) in [5, 5.41) is 0. The highest BCUT2D eigenvalue weighted by molar-refractivity contribution is 7.89. The van der Waals surface area contributed by atoms with Gasteiger partial charge < -0.3 is 10.2 Å². The van der Waals surface area contributed by atoms with Crippen LogP contribution in [0.25, 0.3) is 0 Å². The molecular formula is C12H15F3N2O4S. The van der Waals surface area contributed by atoms with E-state index in [-0.39, 0.29) is 10.7 Å². The van der Waals surface area contributed by atoms with E-state index in [1.165, 1.54) is 19.9 Å². The van der Waals surface area contributed by atoms with Gasteiger partial charge in [0.05, 0.1) is 11.8 Å². The fourth-order valence-corrected chi connectivity index (χ4v) is 4.30. The third kappa shape index (κ3) is 2.84. The van der Waals surface area contributed by atoms with Crippen molar-refractivity contribution in [3.63, 3.8) is 0 Å². The Labute approximate surface area is 125 Å². The molecule has 22 heavy (non-hydrogen) atoms. The van der Waals surface area contributed by atoms with Crippen LogP contribution in [0.5, 0.6) is 0 Å². The topological polar surface area (TPSA) is 93.6 Å². The normalized spacial score (nSPS) is 23.9. The fourth-order valence-electron chi connectivity index (χ4n) is 2.59. The largest absolute Gasteiger partial charge is 0.465 e. The molecule has 2 N–H and O–H groups in total. The summed E-state index contributed by atoms with van der Waals surface area (Å²) in [7, 11) is -4.18. The molecule has 0 radical (unpaired) electrons. The first-order valence-corrected chi connectivity index (χ1v) is 7.82. The van der Waals surface area contributed by atoms with Crippen LogP contribution in [-0.2, 0) is 14.8 Å². The number of carbonyl (C=O) groups is 1. The number of aryl methyl sites for hydroxylation is 2. The van der Waals surface area contributed by atoms with Gasteiger partial charge in [-0.25, -0.2) is 8.42 Å². The molecule has 1 aliphatic heterocycles. The highest BCUT2D eigenvalue weighted by Crippen LogP contribution is 2.39. The number of hydrogen-bond acceptors (Lipinski definition) is 4. The van der Waals surface area contributed by atoms with Gasteiger partial charge in [0.1, 0.15) is 16.4 Å². The number of hydrogen-bond donors (Lipinski definition) is 1. The standard InChI is InChI=1S/C12H15F3N2O4S/c1-6-3-10(7(2)21-6)22(19,20)17-4-8(11(16)18)9(5-17)12(13,14)15/h3,8-9H,4-5H2,1-2H3,(H2,16,18)/t8-,9-/m1/s1. The van der Waals surface area contributed by atoms with Gasteiger partial charge in [0.25, 0.3) is 0 Å². The molecule has 0 bridgehead atoms. The summed E-state index contributed by atoms with van der Waals surface area (Å²) in [5.74, 6) is -4.45. The van der Waals surface area contributed by atoms with Crippen LogP contribution < -0.4 is 5.73 Å². The number of sulfonamides is 1. The number of carbonyl (C=O) groups excluding carboxylic acids is 1. The predicted molar refractivity (Wildman–Crippen MR) is 69.2 cm³/mol. The first kappa shape index (κ1) is 16.8. The predicted octanol–water partition coefficient (Wildman–Crippen LogP) is 1.18. The van der Waals surface area contributed by atoms with Crippen LogP contribution in [0.2, 0.25) is 0 Å². The second-order valence-corrected chi connectivity index (χ2v) is 7.16. The molecule has 0 spiro atoms. The number of furan rings is 1. The number of nitrogens with zero attached hydrogens (tertiary/aromatic N) is 1. The molecule has 2 heterocycles. The number of nitrogens with two attached hydrogens (primary N) is 1. The second-order valence-electron chi connectivity index (χ2n) is 5.26. The van der Waals surface area contributed by atoms with E-state index in [2.05, 4.69) is 0 Å². The van der Waals surface area contributed by atoms with Crippen molar-refractivity contribution in [3.05, 3.63) is 17.6 Å². The van der Waals surface area contributed by atoms with Gasteiger partial charge >= 0.3 is 6.18 Å². The van der Waals surface area contributed by atoms with E-state index in [1.54, 1.807) is 0 Å². The van der Waals surface area contributed by atoms with Gasteiger partial charge in [0, 0.05) is 13.1 Å². The molecule has 6 nitrogen and oxygen atoms in total. The third-order valence-corrected chi connectivity index (χ3v) is 5.62. The maximum Gasteiger partial charge on any atom is 0.393 e. The Morgan fingerprint density at radius 1 is 1.36 bits per heavy atom. The van der Waals surface area contributed by atoms with Crippen LogP contribution in [0.15, 0.2) is 15.4 Å². The maximum absolute atomic E-state index is 13.0. The molecule has 1 fully saturated rings. The van der Waals surface area contributed by atoms with E-state index < -0.39 is 47.0 Å². The van der Waals surface area contributed by atoms with Crippen molar-refractivity contribution in [2.75, 3.05) is 13.1 Å². The number of alkyl halides is 3. The lowest BCUT2D eigenvalue weighted by Gasteiger charge is -2.18. The number of halogens is 3. The van der Waals surface area contributed by atoms with E-state index in [0.29, 0.717) is 10.1 Å². The van der Waals surface area contributed by atoms with Crippen molar-refractivity contribution < 1.29 is 30.8 Å². The highest BCUT2D eigenvalue weighted by atomic mass is 32.2. The minimum absolute atomic E-state index is 0.0867. The summed E-state index contributed by atoms with van der Waals surface area (Å²) in [4.78, 5) is 11.0. The minimum Gasteiger partial charge on any atom is -0.465 e. The van der Waals surface area contributed by atoms with E-state index >= 15 is 0 Å². The molecule has 2 atom stereocenters. The fraction of sp³-hybridized carbons (Fsp3) is 0.583. The Bertz CT molecular complexity index is 696. The molecule has 2 rings (SSSR count). The number of rotatable bonds is 3. The summed E-state index contributed by atoms with van der Waals surface area (Å²) in [5.41, 5.74) is 4.98. The van der Waals surface area contributed by atoms with Crippen molar-refractivity contribution >= 4 is 15.9 Å². The van der Waals surface area contributed by atoms with Gasteiger partial charge in [-0.05, 0) is 19.9 Å². The lowest BCUT2D eigenvalue weighted by Crippen LogP contribution is -2.37. The van der Waals surface area contributed by atoms with E-state index in [0.717, 1.165) is 0 Å². The molecule has 0 saturated carbocycles. The van der Waals surface area contributed by atoms with Crippen LogP contribution in [0.1, 0.15) is 11.5 Å². The zero-order valence-corrected chi connectivity index (χ0v) is 12.7. The highest BCUT2D eigenvalue weighted by Gasteiger charge is 2.54. The van der Waals surface area contributed by atoms with Crippen molar-refractivity contribution in [3.8, 4) is 0 Å². The van der Waals surface area contributed by atoms with Crippen LogP contribution in [-0.4, -0.2) is 37.9 Å². The molecule has 0 unspecified atom stereocenters. The average molecular weight is 340 g/mol. The van der Waals surface area contributed by atoms with Crippen molar-refractivity contribution in [1.29, 1.82) is 0 Å². The third-order valence-electron chi connectivity index (χ3n) is 3.69. The van der Waals surface area contributed by atoms with Crippen molar-refractivity contribution in [2.24, 2.45) is 17.6 Å². The molecule has 0 aliphatic carbocycles. The molecule has 10 heteroatoms. The molecular weight excluding hydrogens is 325 g/mol. The lowest BCUT2D eigenvalue weighted by molar-refractivity contribution is -0.182. The van der Waals surface area contributed by atoms with Crippen LogP contribution >= 0.6 is 0 Å². The zero-order chi connectivity index (χ0) is 16.9. The minimum atomic E-state index is -4.70. The molecule has 1 aromatic heterocycles. The van der Waals surface area contributed by atoms with Crippen LogP contribution in [0.3, 0.4) is 0 Å². The van der Waals surface area contributed by atoms with E-state index in [4.69, 9.17) is 10.2 Å². The summed E-state index contributed by atoms with van der Waals surface area (Å²) in [6, 6.07) is 1.24. The Morgan fingerprint density at radius 2 is 1.95 bits per heavy atom. The second kappa shape index (κ2) is 5.27. The van der Waals surface area contributed by atoms with Crippen LogP contribution in [0, 0.1) is 25.7 Å². The smallest absolute Gasteiger partial charge is 0.393 e. The summed E-state index contributed by atoms with van der Waals surface area (Å²) in [6.07, 6.45) is -4.70. The van der Waals surface area contributed by atoms with Gasteiger partial charge in [-0.1, -0.05) is 0 Å². The van der Waals surface area contributed by atoms with Crippen LogP contribution in [0.4, 0.5) is 13.2 Å². The first-order chi connectivity index (χ1) is 9.94. The molecule has 1 aromatic rings. The van der Waals surface area contributed by atoms with Gasteiger partial charge in [0.15, 0.2) is 0 Å². The molecule has 1 saturated heterocycles. The number of primary amides is 1. The Hall–Kier alpha value is -1.55. The quantitative estimate of drug-likeness (QED) is 0.894. The Balaban J connectivity index is 2.38. The molecule has 0 aromatic carbocycles. The van der Waals surface area contributed by atoms with Gasteiger partial charge in [0.2, 0.25) is 15.9 Å². The van der Waals surface area contributed by atoms with Gasteiger partial charge in [-0.3, -0.25) is 4.79 Å². The molecule has 1 aliphatic rings. The van der Waals surface area contributed by atoms with E-state index in [1.807, 2.05) is 0 Å². The number of amides is 1. The first-order valence-electron chi connectivity index (χ1n) is 6.38. The zero-order valence-electron chi connectivity index (χ0n) is 11.8. The Kier molecular flexibility index (Phi) is 4.03. The van der Waals surface area contributed by atoms with Crippen molar-refractivity contribution in [1.82, 2.24) is 4.31 Å².